The molecule has 3 atom stereocenters. The van der Waals surface area contributed by atoms with Gasteiger partial charge in [0, 0.05) is 13.2 Å². The summed E-state index contributed by atoms with van der Waals surface area (Å²) in [5.74, 6) is 0. The molecule has 0 spiro atoms. The smallest absolute Gasteiger partial charge is 0.183 e. The van der Waals surface area contributed by atoms with E-state index in [2.05, 4.69) is 0 Å². The summed E-state index contributed by atoms with van der Waals surface area (Å²) in [6.45, 7) is 2.08. The number of aliphatic hydroxyl groups is 1. The molecule has 2 heterocycles. The molecule has 0 aliphatic carbocycles. The Balaban J connectivity index is 1.78. The highest BCUT2D eigenvalue weighted by atomic mass is 16.7. The number of rotatable bonds is 2. The van der Waals surface area contributed by atoms with Crippen LogP contribution in [-0.2, 0) is 14.2 Å². The molecule has 13 heavy (non-hydrogen) atoms. The molecule has 0 radical (unpaired) electrons. The molecular formula is C9H16O4. The number of hydrogen-bond donors (Lipinski definition) is 1. The first-order valence-corrected chi connectivity index (χ1v) is 4.89. The van der Waals surface area contributed by atoms with Gasteiger partial charge in [-0.1, -0.05) is 0 Å². The van der Waals surface area contributed by atoms with E-state index in [9.17, 15) is 5.11 Å². The van der Waals surface area contributed by atoms with Gasteiger partial charge in [-0.15, -0.1) is 0 Å². The van der Waals surface area contributed by atoms with Crippen LogP contribution < -0.4 is 0 Å². The van der Waals surface area contributed by atoms with Crippen molar-refractivity contribution in [3.8, 4) is 0 Å². The molecule has 0 aromatic rings. The molecule has 4 nitrogen and oxygen atoms in total. The summed E-state index contributed by atoms with van der Waals surface area (Å²) in [5, 5.41) is 9.54. The van der Waals surface area contributed by atoms with Crippen LogP contribution in [-0.4, -0.2) is 43.4 Å². The lowest BCUT2D eigenvalue weighted by atomic mass is 10.1. The molecule has 0 amide bonds. The molecule has 3 unspecified atom stereocenters. The number of ether oxygens (including phenoxy) is 3. The van der Waals surface area contributed by atoms with Crippen molar-refractivity contribution in [1.82, 2.24) is 0 Å². The van der Waals surface area contributed by atoms with Crippen LogP contribution >= 0.6 is 0 Å². The molecule has 0 aromatic heterocycles. The quantitative estimate of drug-likeness (QED) is 0.676. The van der Waals surface area contributed by atoms with Crippen LogP contribution in [0.15, 0.2) is 0 Å². The molecular weight excluding hydrogens is 172 g/mol. The topological polar surface area (TPSA) is 47.9 Å². The molecule has 0 aromatic carbocycles. The molecule has 2 aliphatic heterocycles. The van der Waals surface area contributed by atoms with Gasteiger partial charge >= 0.3 is 0 Å². The Hall–Kier alpha value is -0.160. The predicted molar refractivity (Wildman–Crippen MR) is 45.3 cm³/mol. The largest absolute Gasteiger partial charge is 0.388 e. The van der Waals surface area contributed by atoms with Gasteiger partial charge in [0.15, 0.2) is 6.29 Å². The van der Waals surface area contributed by atoms with Crippen molar-refractivity contribution in [2.45, 2.75) is 37.8 Å². The van der Waals surface area contributed by atoms with Crippen molar-refractivity contribution in [2.24, 2.45) is 0 Å². The van der Waals surface area contributed by atoms with E-state index >= 15 is 0 Å². The van der Waals surface area contributed by atoms with E-state index in [-0.39, 0.29) is 6.10 Å². The van der Waals surface area contributed by atoms with Gasteiger partial charge in [0.05, 0.1) is 12.7 Å². The number of hydrogen-bond acceptors (Lipinski definition) is 4. The molecule has 1 N–H and O–H groups in total. The summed E-state index contributed by atoms with van der Waals surface area (Å²) in [5.41, 5.74) is 0. The summed E-state index contributed by atoms with van der Waals surface area (Å²) in [6.07, 6.45) is 1.82. The fourth-order valence-corrected chi connectivity index (χ4v) is 1.68. The van der Waals surface area contributed by atoms with E-state index in [0.29, 0.717) is 13.2 Å². The van der Waals surface area contributed by atoms with E-state index in [4.69, 9.17) is 14.2 Å². The second-order valence-electron chi connectivity index (χ2n) is 3.57. The Morgan fingerprint density at radius 2 is 2.15 bits per heavy atom. The number of aliphatic hydroxyl groups excluding tert-OH is 1. The Bertz CT molecular complexity index is 156. The van der Waals surface area contributed by atoms with Crippen LogP contribution in [0.3, 0.4) is 0 Å². The van der Waals surface area contributed by atoms with Crippen molar-refractivity contribution in [3.05, 3.63) is 0 Å². The van der Waals surface area contributed by atoms with E-state index in [1.54, 1.807) is 0 Å². The maximum atomic E-state index is 9.54. The van der Waals surface area contributed by atoms with Gasteiger partial charge in [-0.2, -0.15) is 0 Å². The zero-order chi connectivity index (χ0) is 9.10. The van der Waals surface area contributed by atoms with Gasteiger partial charge in [-0.05, 0) is 19.3 Å². The standard InChI is InChI=1S/C9H16O4/c10-8-2-1-4-12-9(8)13-7-3-5-11-6-7/h7-10H,1-6H2. The van der Waals surface area contributed by atoms with Crippen LogP contribution in [0, 0.1) is 0 Å². The summed E-state index contributed by atoms with van der Waals surface area (Å²) in [7, 11) is 0. The van der Waals surface area contributed by atoms with Crippen LogP contribution in [0.2, 0.25) is 0 Å². The maximum absolute atomic E-state index is 9.54. The second-order valence-corrected chi connectivity index (χ2v) is 3.57. The molecule has 2 saturated heterocycles. The summed E-state index contributed by atoms with van der Waals surface area (Å²) in [4.78, 5) is 0. The SMILES string of the molecule is OC1CCCOC1OC1CCOC1. The zero-order valence-electron chi connectivity index (χ0n) is 7.65. The minimum absolute atomic E-state index is 0.109. The Labute approximate surface area is 77.8 Å². The third-order valence-electron chi connectivity index (χ3n) is 2.45. The van der Waals surface area contributed by atoms with Gasteiger partial charge < -0.3 is 19.3 Å². The van der Waals surface area contributed by atoms with Gasteiger partial charge in [-0.3, -0.25) is 0 Å². The van der Waals surface area contributed by atoms with Crippen molar-refractivity contribution >= 4 is 0 Å². The molecule has 4 heteroatoms. The average molecular weight is 188 g/mol. The molecule has 76 valence electrons. The van der Waals surface area contributed by atoms with Crippen LogP contribution in [0.1, 0.15) is 19.3 Å². The first kappa shape index (κ1) is 9.40. The van der Waals surface area contributed by atoms with Gasteiger partial charge in [0.25, 0.3) is 0 Å². The van der Waals surface area contributed by atoms with Crippen LogP contribution in [0.25, 0.3) is 0 Å². The lowest BCUT2D eigenvalue weighted by molar-refractivity contribution is -0.232. The monoisotopic (exact) mass is 188 g/mol. The van der Waals surface area contributed by atoms with E-state index in [0.717, 1.165) is 25.9 Å². The Morgan fingerprint density at radius 3 is 2.85 bits per heavy atom. The fraction of sp³-hybridized carbons (Fsp3) is 1.00. The molecule has 2 rings (SSSR count). The first-order chi connectivity index (χ1) is 6.36. The summed E-state index contributed by atoms with van der Waals surface area (Å²) in [6, 6.07) is 0. The first-order valence-electron chi connectivity index (χ1n) is 4.89. The molecule has 0 bridgehead atoms. The third kappa shape index (κ3) is 2.40. The van der Waals surface area contributed by atoms with Crippen molar-refractivity contribution in [3.63, 3.8) is 0 Å². The van der Waals surface area contributed by atoms with Crippen LogP contribution in [0.4, 0.5) is 0 Å². The minimum atomic E-state index is -0.464. The third-order valence-corrected chi connectivity index (χ3v) is 2.45. The normalized spacial score (nSPS) is 40.8. The van der Waals surface area contributed by atoms with Gasteiger partial charge in [0.2, 0.25) is 0 Å². The summed E-state index contributed by atoms with van der Waals surface area (Å²) < 4.78 is 16.1. The van der Waals surface area contributed by atoms with Crippen LogP contribution in [0.5, 0.6) is 0 Å². The minimum Gasteiger partial charge on any atom is -0.388 e. The maximum Gasteiger partial charge on any atom is 0.183 e. The lowest BCUT2D eigenvalue weighted by Gasteiger charge is -2.29. The fourth-order valence-electron chi connectivity index (χ4n) is 1.68. The molecule has 2 fully saturated rings. The highest BCUT2D eigenvalue weighted by molar-refractivity contribution is 4.70. The highest BCUT2D eigenvalue weighted by Crippen LogP contribution is 2.19. The predicted octanol–water partition coefficient (Wildman–Crippen LogP) is 0.289. The molecule has 2 aliphatic rings. The second kappa shape index (κ2) is 4.37. The zero-order valence-corrected chi connectivity index (χ0v) is 7.65. The Kier molecular flexibility index (Phi) is 3.16. The summed E-state index contributed by atoms with van der Waals surface area (Å²) >= 11 is 0. The van der Waals surface area contributed by atoms with Crippen molar-refractivity contribution < 1.29 is 19.3 Å². The Morgan fingerprint density at radius 1 is 1.23 bits per heavy atom. The van der Waals surface area contributed by atoms with E-state index < -0.39 is 12.4 Å². The highest BCUT2D eigenvalue weighted by Gasteiger charge is 2.29. The van der Waals surface area contributed by atoms with Gasteiger partial charge in [-0.25, -0.2) is 0 Å². The average Bonchev–Trinajstić information content (AvgIpc) is 2.61. The van der Waals surface area contributed by atoms with Gasteiger partial charge in [0.1, 0.15) is 6.10 Å². The van der Waals surface area contributed by atoms with Crippen molar-refractivity contribution in [1.29, 1.82) is 0 Å². The van der Waals surface area contributed by atoms with E-state index in [1.165, 1.54) is 0 Å². The van der Waals surface area contributed by atoms with E-state index in [1.807, 2.05) is 0 Å². The lowest BCUT2D eigenvalue weighted by Crippen LogP contribution is -2.39. The van der Waals surface area contributed by atoms with Crippen molar-refractivity contribution in [2.75, 3.05) is 19.8 Å². The molecule has 0 saturated carbocycles.